The van der Waals surface area contributed by atoms with E-state index >= 15 is 0 Å². The lowest BCUT2D eigenvalue weighted by Gasteiger charge is -2.01. The van der Waals surface area contributed by atoms with Crippen molar-refractivity contribution >= 4 is 18.0 Å². The van der Waals surface area contributed by atoms with Crippen molar-refractivity contribution in [2.75, 3.05) is 6.54 Å². The number of amides is 2. The number of nitrogens with one attached hydrogen (secondary N) is 2. The highest BCUT2D eigenvalue weighted by atomic mass is 16.3. The van der Waals surface area contributed by atoms with E-state index in [0.29, 0.717) is 5.76 Å². The quantitative estimate of drug-likeness (QED) is 0.613. The molecule has 0 saturated carbocycles. The minimum atomic E-state index is -0.463. The summed E-state index contributed by atoms with van der Waals surface area (Å²) in [5.74, 6) is -0.260. The Morgan fingerprint density at radius 3 is 2.68 bits per heavy atom. The molecule has 0 spiro atoms. The van der Waals surface area contributed by atoms with E-state index in [2.05, 4.69) is 15.8 Å². The van der Waals surface area contributed by atoms with Crippen LogP contribution in [0.15, 0.2) is 50.7 Å². The summed E-state index contributed by atoms with van der Waals surface area (Å²) < 4.78 is 9.85. The first kappa shape index (κ1) is 12.6. The highest BCUT2D eigenvalue weighted by Crippen LogP contribution is 1.98. The topological polar surface area (TPSA) is 96.8 Å². The first-order valence-corrected chi connectivity index (χ1v) is 5.43. The molecule has 2 heterocycles. The highest BCUT2D eigenvalue weighted by molar-refractivity contribution is 5.94. The van der Waals surface area contributed by atoms with E-state index in [0.717, 1.165) is 0 Å². The summed E-state index contributed by atoms with van der Waals surface area (Å²) in [5.41, 5.74) is 2.25. The van der Waals surface area contributed by atoms with Crippen LogP contribution in [0.5, 0.6) is 0 Å². The third-order valence-corrected chi connectivity index (χ3v) is 2.08. The summed E-state index contributed by atoms with van der Waals surface area (Å²) in [4.78, 5) is 22.8. The van der Waals surface area contributed by atoms with Crippen molar-refractivity contribution in [3.8, 4) is 0 Å². The summed E-state index contributed by atoms with van der Waals surface area (Å²) in [6.07, 6.45) is 4.22. The number of carbonyl (C=O) groups excluding carboxylic acids is 2. The van der Waals surface area contributed by atoms with Gasteiger partial charge in [0, 0.05) is 0 Å². The molecule has 0 unspecified atom stereocenters. The Morgan fingerprint density at radius 2 is 2.00 bits per heavy atom. The van der Waals surface area contributed by atoms with E-state index in [1.807, 2.05) is 0 Å². The first-order chi connectivity index (χ1) is 9.25. The van der Waals surface area contributed by atoms with E-state index in [1.54, 1.807) is 18.2 Å². The van der Waals surface area contributed by atoms with E-state index in [9.17, 15) is 9.59 Å². The Bertz CT molecular complexity index is 558. The predicted octanol–water partition coefficient (Wildman–Crippen LogP) is 0.753. The number of rotatable bonds is 5. The second-order valence-corrected chi connectivity index (χ2v) is 3.47. The predicted molar refractivity (Wildman–Crippen MR) is 65.5 cm³/mol. The van der Waals surface area contributed by atoms with Gasteiger partial charge in [-0.2, -0.15) is 5.10 Å². The first-order valence-electron chi connectivity index (χ1n) is 5.43. The Balaban J connectivity index is 1.71. The summed E-state index contributed by atoms with van der Waals surface area (Å²) in [6, 6.07) is 6.48. The fourth-order valence-electron chi connectivity index (χ4n) is 1.23. The molecule has 0 atom stereocenters. The van der Waals surface area contributed by atoms with E-state index in [4.69, 9.17) is 8.83 Å². The number of furan rings is 2. The van der Waals surface area contributed by atoms with Gasteiger partial charge in [0.1, 0.15) is 5.76 Å². The molecule has 7 nitrogen and oxygen atoms in total. The molecule has 2 aromatic rings. The summed E-state index contributed by atoms with van der Waals surface area (Å²) in [6.45, 7) is -0.199. The van der Waals surface area contributed by atoms with Gasteiger partial charge in [-0.1, -0.05) is 0 Å². The molecule has 2 rings (SSSR count). The minimum absolute atomic E-state index is 0.145. The van der Waals surface area contributed by atoms with Crippen LogP contribution in [0.4, 0.5) is 0 Å². The number of hydrogen-bond acceptors (Lipinski definition) is 5. The van der Waals surface area contributed by atoms with Crippen LogP contribution in [0.25, 0.3) is 0 Å². The zero-order valence-corrected chi connectivity index (χ0v) is 9.83. The number of hydrogen-bond donors (Lipinski definition) is 2. The van der Waals surface area contributed by atoms with Crippen molar-refractivity contribution in [2.45, 2.75) is 0 Å². The number of hydrazone groups is 1. The summed E-state index contributed by atoms with van der Waals surface area (Å²) in [5, 5.41) is 6.05. The Morgan fingerprint density at radius 1 is 1.21 bits per heavy atom. The molecule has 0 aliphatic heterocycles. The molecule has 0 aliphatic carbocycles. The summed E-state index contributed by atoms with van der Waals surface area (Å²) >= 11 is 0. The molecule has 98 valence electrons. The van der Waals surface area contributed by atoms with Crippen molar-refractivity contribution < 1.29 is 18.4 Å². The SMILES string of the molecule is O=C(CNC(=O)c1ccco1)N/N=C/c1ccco1. The molecule has 0 fully saturated rings. The second-order valence-electron chi connectivity index (χ2n) is 3.47. The van der Waals surface area contributed by atoms with Crippen molar-refractivity contribution in [1.82, 2.24) is 10.7 Å². The van der Waals surface area contributed by atoms with E-state index < -0.39 is 11.8 Å². The van der Waals surface area contributed by atoms with Gasteiger partial charge >= 0.3 is 0 Å². The maximum Gasteiger partial charge on any atom is 0.287 e. The lowest BCUT2D eigenvalue weighted by molar-refractivity contribution is -0.120. The van der Waals surface area contributed by atoms with E-state index in [-0.39, 0.29) is 12.3 Å². The lowest BCUT2D eigenvalue weighted by Crippen LogP contribution is -2.34. The van der Waals surface area contributed by atoms with Gasteiger partial charge in [-0.05, 0) is 24.3 Å². The second kappa shape index (κ2) is 6.20. The van der Waals surface area contributed by atoms with Crippen molar-refractivity contribution in [3.05, 3.63) is 48.3 Å². The number of carbonyl (C=O) groups is 2. The molecule has 0 radical (unpaired) electrons. The standard InChI is InChI=1S/C12H11N3O4/c16-11(15-14-7-9-3-1-5-18-9)8-13-12(17)10-4-2-6-19-10/h1-7H,8H2,(H,13,17)(H,15,16)/b14-7+. The molecule has 2 aromatic heterocycles. The molecule has 0 bridgehead atoms. The van der Waals surface area contributed by atoms with Gasteiger partial charge < -0.3 is 14.2 Å². The van der Waals surface area contributed by atoms with Gasteiger partial charge in [-0.15, -0.1) is 0 Å². The molecule has 0 aromatic carbocycles. The van der Waals surface area contributed by atoms with Crippen LogP contribution in [-0.2, 0) is 4.79 Å². The van der Waals surface area contributed by atoms with Crippen molar-refractivity contribution in [2.24, 2.45) is 5.10 Å². The minimum Gasteiger partial charge on any atom is -0.463 e. The van der Waals surface area contributed by atoms with Gasteiger partial charge in [-0.25, -0.2) is 5.43 Å². The largest absolute Gasteiger partial charge is 0.463 e. The molecular formula is C12H11N3O4. The molecular weight excluding hydrogens is 250 g/mol. The average Bonchev–Trinajstić information content (AvgIpc) is 3.08. The maximum absolute atomic E-state index is 11.4. The molecule has 2 N–H and O–H groups in total. The van der Waals surface area contributed by atoms with Crippen LogP contribution in [0.1, 0.15) is 16.3 Å². The zero-order valence-electron chi connectivity index (χ0n) is 9.83. The molecule has 0 aliphatic rings. The fraction of sp³-hybridized carbons (Fsp3) is 0.0833. The van der Waals surface area contributed by atoms with Crippen LogP contribution in [0.2, 0.25) is 0 Å². The molecule has 7 heteroatoms. The van der Waals surface area contributed by atoms with Gasteiger partial charge in [0.05, 0.1) is 25.3 Å². The van der Waals surface area contributed by atoms with Crippen LogP contribution in [0, 0.1) is 0 Å². The Kier molecular flexibility index (Phi) is 4.12. The Labute approximate surface area is 108 Å². The molecule has 2 amide bonds. The monoisotopic (exact) mass is 261 g/mol. The van der Waals surface area contributed by atoms with Crippen LogP contribution < -0.4 is 10.7 Å². The number of nitrogens with zero attached hydrogens (tertiary/aromatic N) is 1. The van der Waals surface area contributed by atoms with Gasteiger partial charge in [0.15, 0.2) is 5.76 Å². The molecule has 19 heavy (non-hydrogen) atoms. The third kappa shape index (κ3) is 3.84. The average molecular weight is 261 g/mol. The smallest absolute Gasteiger partial charge is 0.287 e. The lowest BCUT2D eigenvalue weighted by atomic mass is 10.4. The highest BCUT2D eigenvalue weighted by Gasteiger charge is 2.09. The van der Waals surface area contributed by atoms with Gasteiger partial charge in [0.2, 0.25) is 0 Å². The Hall–Kier alpha value is -2.83. The fourth-order valence-corrected chi connectivity index (χ4v) is 1.23. The zero-order chi connectivity index (χ0) is 13.5. The van der Waals surface area contributed by atoms with Crippen LogP contribution in [-0.4, -0.2) is 24.6 Å². The van der Waals surface area contributed by atoms with Crippen molar-refractivity contribution in [3.63, 3.8) is 0 Å². The maximum atomic E-state index is 11.4. The van der Waals surface area contributed by atoms with Gasteiger partial charge in [0.25, 0.3) is 11.8 Å². The summed E-state index contributed by atoms with van der Waals surface area (Å²) in [7, 11) is 0. The normalized spacial score (nSPS) is 10.5. The van der Waals surface area contributed by atoms with E-state index in [1.165, 1.54) is 24.8 Å². The molecule has 0 saturated heterocycles. The van der Waals surface area contributed by atoms with Crippen molar-refractivity contribution in [1.29, 1.82) is 0 Å². The van der Waals surface area contributed by atoms with Crippen LogP contribution >= 0.6 is 0 Å². The van der Waals surface area contributed by atoms with Gasteiger partial charge in [-0.3, -0.25) is 9.59 Å². The van der Waals surface area contributed by atoms with Crippen LogP contribution in [0.3, 0.4) is 0 Å². The third-order valence-electron chi connectivity index (χ3n) is 2.08.